The summed E-state index contributed by atoms with van der Waals surface area (Å²) in [6.45, 7) is 1.84. The highest BCUT2D eigenvalue weighted by molar-refractivity contribution is 5.73. The van der Waals surface area contributed by atoms with E-state index in [0.29, 0.717) is 0 Å². The minimum atomic E-state index is -0.940. The maximum Gasteiger partial charge on any atom is 0.326 e. The quantitative estimate of drug-likeness (QED) is 0.541. The van der Waals surface area contributed by atoms with Gasteiger partial charge < -0.3 is 15.5 Å². The Morgan fingerprint density at radius 2 is 2.33 bits per heavy atom. The van der Waals surface area contributed by atoms with E-state index in [1.165, 1.54) is 0 Å². The van der Waals surface area contributed by atoms with Crippen molar-refractivity contribution in [3.05, 3.63) is 12.3 Å². The number of hydrogen-bond acceptors (Lipinski definition) is 3. The summed E-state index contributed by atoms with van der Waals surface area (Å²) in [6, 6.07) is -0.683. The van der Waals surface area contributed by atoms with Gasteiger partial charge in [-0.3, -0.25) is 0 Å². The van der Waals surface area contributed by atoms with Crippen molar-refractivity contribution in [2.45, 2.75) is 25.8 Å². The molecular weight excluding hydrogens is 158 g/mol. The summed E-state index contributed by atoms with van der Waals surface area (Å²) >= 11 is 0. The molecule has 0 saturated carbocycles. The minimum Gasteiger partial charge on any atom is -0.480 e. The van der Waals surface area contributed by atoms with Gasteiger partial charge in [-0.25, -0.2) is 4.79 Å². The van der Waals surface area contributed by atoms with E-state index in [9.17, 15) is 4.79 Å². The van der Waals surface area contributed by atoms with Gasteiger partial charge in [0.05, 0.1) is 0 Å². The first-order valence-corrected chi connectivity index (χ1v) is 3.97. The summed E-state index contributed by atoms with van der Waals surface area (Å²) in [4.78, 5) is 10.5. The lowest BCUT2D eigenvalue weighted by atomic mass is 10.2. The largest absolute Gasteiger partial charge is 0.480 e. The molecule has 0 bridgehead atoms. The number of nitrogens with one attached hydrogen (secondary N) is 1. The zero-order chi connectivity index (χ0) is 9.40. The smallest absolute Gasteiger partial charge is 0.326 e. The SMILES string of the molecule is CCC=CN[C@@H](CCO)C(=O)O. The van der Waals surface area contributed by atoms with E-state index in [-0.39, 0.29) is 13.0 Å². The Kier molecular flexibility index (Phi) is 6.09. The van der Waals surface area contributed by atoms with Crippen LogP contribution in [0.4, 0.5) is 0 Å². The number of carboxylic acid groups (broad SMARTS) is 1. The molecule has 0 aromatic heterocycles. The average Bonchev–Trinajstić information content (AvgIpc) is 2.03. The van der Waals surface area contributed by atoms with Crippen molar-refractivity contribution in [2.24, 2.45) is 0 Å². The first kappa shape index (κ1) is 11.0. The predicted octanol–water partition coefficient (Wildman–Crippen LogP) is 0.335. The topological polar surface area (TPSA) is 69.6 Å². The molecule has 0 aromatic carbocycles. The number of aliphatic carboxylic acids is 1. The molecule has 0 saturated heterocycles. The van der Waals surface area contributed by atoms with Gasteiger partial charge in [0.2, 0.25) is 0 Å². The molecule has 0 radical (unpaired) electrons. The lowest BCUT2D eigenvalue weighted by Gasteiger charge is -2.09. The summed E-state index contributed by atoms with van der Waals surface area (Å²) in [5.74, 6) is -0.940. The van der Waals surface area contributed by atoms with Crippen molar-refractivity contribution >= 4 is 5.97 Å². The molecule has 0 unspecified atom stereocenters. The molecule has 0 fully saturated rings. The maximum atomic E-state index is 10.5. The minimum absolute atomic E-state index is 0.121. The number of rotatable bonds is 6. The molecule has 12 heavy (non-hydrogen) atoms. The molecule has 4 heteroatoms. The van der Waals surface area contributed by atoms with Crippen molar-refractivity contribution < 1.29 is 15.0 Å². The van der Waals surface area contributed by atoms with Gasteiger partial charge in [-0.1, -0.05) is 13.0 Å². The van der Waals surface area contributed by atoms with Gasteiger partial charge in [-0.15, -0.1) is 0 Å². The van der Waals surface area contributed by atoms with Crippen LogP contribution in [0.1, 0.15) is 19.8 Å². The van der Waals surface area contributed by atoms with Crippen LogP contribution in [0.3, 0.4) is 0 Å². The van der Waals surface area contributed by atoms with Crippen LogP contribution in [-0.4, -0.2) is 28.8 Å². The Hall–Kier alpha value is -1.03. The van der Waals surface area contributed by atoms with Crippen LogP contribution < -0.4 is 5.32 Å². The lowest BCUT2D eigenvalue weighted by Crippen LogP contribution is -2.33. The van der Waals surface area contributed by atoms with Gasteiger partial charge in [0.15, 0.2) is 0 Å². The Balaban J connectivity index is 3.78. The monoisotopic (exact) mass is 173 g/mol. The van der Waals surface area contributed by atoms with Crippen LogP contribution in [-0.2, 0) is 4.79 Å². The molecule has 3 N–H and O–H groups in total. The summed E-state index contributed by atoms with van der Waals surface area (Å²) < 4.78 is 0. The van der Waals surface area contributed by atoms with Crippen LogP contribution in [0, 0.1) is 0 Å². The third kappa shape index (κ3) is 4.73. The van der Waals surface area contributed by atoms with E-state index in [2.05, 4.69) is 5.32 Å². The number of hydrogen-bond donors (Lipinski definition) is 3. The third-order valence-electron chi connectivity index (χ3n) is 1.37. The molecule has 0 aromatic rings. The summed E-state index contributed by atoms with van der Waals surface area (Å²) in [5, 5.41) is 19.8. The summed E-state index contributed by atoms with van der Waals surface area (Å²) in [6.07, 6.45) is 4.52. The predicted molar refractivity (Wildman–Crippen MR) is 45.7 cm³/mol. The van der Waals surface area contributed by atoms with E-state index >= 15 is 0 Å². The molecule has 4 nitrogen and oxygen atoms in total. The Labute approximate surface area is 71.9 Å². The third-order valence-corrected chi connectivity index (χ3v) is 1.37. The zero-order valence-corrected chi connectivity index (χ0v) is 7.16. The van der Waals surface area contributed by atoms with E-state index < -0.39 is 12.0 Å². The first-order valence-electron chi connectivity index (χ1n) is 3.97. The molecule has 0 aliphatic heterocycles. The second-order valence-corrected chi connectivity index (χ2v) is 2.38. The van der Waals surface area contributed by atoms with Crippen molar-refractivity contribution in [2.75, 3.05) is 6.61 Å². The fraction of sp³-hybridized carbons (Fsp3) is 0.625. The number of carbonyl (C=O) groups is 1. The highest BCUT2D eigenvalue weighted by atomic mass is 16.4. The molecule has 70 valence electrons. The first-order chi connectivity index (χ1) is 5.72. The number of aliphatic hydroxyl groups excluding tert-OH is 1. The van der Waals surface area contributed by atoms with Crippen LogP contribution >= 0.6 is 0 Å². The molecular formula is C8H15NO3. The highest BCUT2D eigenvalue weighted by Gasteiger charge is 2.13. The fourth-order valence-electron chi connectivity index (χ4n) is 0.709. The molecule has 0 aliphatic rings. The summed E-state index contributed by atoms with van der Waals surface area (Å²) in [5.41, 5.74) is 0. The van der Waals surface area contributed by atoms with Gasteiger partial charge in [0.25, 0.3) is 0 Å². The van der Waals surface area contributed by atoms with Crippen LogP contribution in [0.2, 0.25) is 0 Å². The van der Waals surface area contributed by atoms with E-state index in [0.717, 1.165) is 6.42 Å². The van der Waals surface area contributed by atoms with Crippen molar-refractivity contribution in [1.82, 2.24) is 5.32 Å². The summed E-state index contributed by atoms with van der Waals surface area (Å²) in [7, 11) is 0. The van der Waals surface area contributed by atoms with E-state index in [4.69, 9.17) is 10.2 Å². The fourth-order valence-corrected chi connectivity index (χ4v) is 0.709. The maximum absolute atomic E-state index is 10.5. The lowest BCUT2D eigenvalue weighted by molar-refractivity contribution is -0.139. The van der Waals surface area contributed by atoms with Crippen LogP contribution in [0.5, 0.6) is 0 Å². The number of aliphatic hydroxyl groups is 1. The van der Waals surface area contributed by atoms with Gasteiger partial charge in [0, 0.05) is 13.0 Å². The van der Waals surface area contributed by atoms with E-state index in [1.807, 2.05) is 13.0 Å². The number of allylic oxidation sites excluding steroid dienone is 1. The van der Waals surface area contributed by atoms with Gasteiger partial charge >= 0.3 is 5.97 Å². The van der Waals surface area contributed by atoms with Crippen molar-refractivity contribution in [1.29, 1.82) is 0 Å². The van der Waals surface area contributed by atoms with Crippen LogP contribution in [0.25, 0.3) is 0 Å². The normalized spacial score (nSPS) is 13.2. The Bertz CT molecular complexity index is 156. The standard InChI is InChI=1S/C8H15NO3/c1-2-3-5-9-7(4-6-10)8(11)12/h3,5,7,9-10H,2,4,6H2,1H3,(H,11,12)/t7-/m0/s1. The van der Waals surface area contributed by atoms with Crippen molar-refractivity contribution in [3.63, 3.8) is 0 Å². The second kappa shape index (κ2) is 6.67. The van der Waals surface area contributed by atoms with Gasteiger partial charge in [-0.2, -0.15) is 0 Å². The molecule has 0 rings (SSSR count). The molecule has 0 amide bonds. The zero-order valence-electron chi connectivity index (χ0n) is 7.16. The molecule has 0 heterocycles. The Morgan fingerprint density at radius 3 is 2.75 bits per heavy atom. The van der Waals surface area contributed by atoms with Gasteiger partial charge in [-0.05, 0) is 12.6 Å². The molecule has 1 atom stereocenters. The molecule has 0 spiro atoms. The Morgan fingerprint density at radius 1 is 1.67 bits per heavy atom. The number of carboxylic acids is 1. The highest BCUT2D eigenvalue weighted by Crippen LogP contribution is 1.91. The van der Waals surface area contributed by atoms with Crippen molar-refractivity contribution in [3.8, 4) is 0 Å². The van der Waals surface area contributed by atoms with E-state index in [1.54, 1.807) is 6.20 Å². The molecule has 0 aliphatic carbocycles. The second-order valence-electron chi connectivity index (χ2n) is 2.38. The average molecular weight is 173 g/mol. The van der Waals surface area contributed by atoms with Gasteiger partial charge in [0.1, 0.15) is 6.04 Å². The van der Waals surface area contributed by atoms with Crippen LogP contribution in [0.15, 0.2) is 12.3 Å².